The Morgan fingerprint density at radius 2 is 1.83 bits per heavy atom. The summed E-state index contributed by atoms with van der Waals surface area (Å²) in [5, 5.41) is 14.0. The van der Waals surface area contributed by atoms with E-state index in [2.05, 4.69) is 52.0 Å². The molecule has 0 spiro atoms. The molecule has 2 saturated heterocycles. The van der Waals surface area contributed by atoms with Crippen molar-refractivity contribution in [3.05, 3.63) is 42.4 Å². The van der Waals surface area contributed by atoms with Crippen LogP contribution in [-0.2, 0) is 0 Å². The molecule has 36 heavy (non-hydrogen) atoms. The molecule has 0 aliphatic carbocycles. The molecule has 5 heterocycles. The Morgan fingerprint density at radius 1 is 1.06 bits per heavy atom. The monoisotopic (exact) mass is 487 g/mol. The van der Waals surface area contributed by atoms with Crippen molar-refractivity contribution in [3.8, 4) is 22.9 Å². The number of nitriles is 1. The third kappa shape index (κ3) is 4.91. The summed E-state index contributed by atoms with van der Waals surface area (Å²) in [5.74, 6) is 1.75. The highest BCUT2D eigenvalue weighted by Crippen LogP contribution is 2.38. The van der Waals surface area contributed by atoms with Crippen molar-refractivity contribution in [2.24, 2.45) is 5.41 Å². The second-order valence-electron chi connectivity index (χ2n) is 10.3. The number of rotatable bonds is 7. The van der Waals surface area contributed by atoms with Crippen LogP contribution in [0.4, 0.5) is 5.82 Å². The van der Waals surface area contributed by atoms with Crippen molar-refractivity contribution in [3.63, 3.8) is 0 Å². The van der Waals surface area contributed by atoms with Crippen LogP contribution < -0.4 is 9.64 Å². The van der Waals surface area contributed by atoms with Gasteiger partial charge >= 0.3 is 0 Å². The van der Waals surface area contributed by atoms with E-state index >= 15 is 0 Å². The Balaban J connectivity index is 1.31. The first-order valence-electron chi connectivity index (χ1n) is 13.2. The van der Waals surface area contributed by atoms with Gasteiger partial charge in [0, 0.05) is 63.1 Å². The average Bonchev–Trinajstić information content (AvgIpc) is 3.33. The van der Waals surface area contributed by atoms with Crippen LogP contribution in [0.5, 0.6) is 5.75 Å². The summed E-state index contributed by atoms with van der Waals surface area (Å²) in [5.41, 5.74) is 3.60. The summed E-state index contributed by atoms with van der Waals surface area (Å²) in [6, 6.07) is 8.46. The molecule has 3 aromatic heterocycles. The predicted molar refractivity (Wildman–Crippen MR) is 142 cm³/mol. The number of aromatic nitrogens is 3. The summed E-state index contributed by atoms with van der Waals surface area (Å²) in [6.07, 6.45) is 8.99. The minimum Gasteiger partial charge on any atom is -0.492 e. The molecule has 190 valence electrons. The lowest BCUT2D eigenvalue weighted by Crippen LogP contribution is -2.51. The van der Waals surface area contributed by atoms with Crippen LogP contribution in [0.25, 0.3) is 16.6 Å². The number of ether oxygens (including phenoxy) is 1. The van der Waals surface area contributed by atoms with Crippen LogP contribution in [0.2, 0.25) is 0 Å². The van der Waals surface area contributed by atoms with Gasteiger partial charge in [-0.3, -0.25) is 0 Å². The molecule has 0 atom stereocenters. The number of fused-ring (bicyclic) bond motifs is 1. The Kier molecular flexibility index (Phi) is 7.13. The fraction of sp³-hybridized carbons (Fsp3) is 0.536. The molecule has 0 saturated carbocycles. The van der Waals surface area contributed by atoms with E-state index in [-0.39, 0.29) is 0 Å². The molecule has 8 nitrogen and oxygen atoms in total. The van der Waals surface area contributed by atoms with E-state index in [1.54, 1.807) is 10.7 Å². The van der Waals surface area contributed by atoms with E-state index in [0.717, 1.165) is 41.3 Å². The summed E-state index contributed by atoms with van der Waals surface area (Å²) in [4.78, 5) is 12.4. The molecule has 0 amide bonds. The molecule has 8 heteroatoms. The molecule has 0 unspecified atom stereocenters. The number of likely N-dealkylation sites (N-methyl/N-ethyl adjacent to an activating group) is 1. The van der Waals surface area contributed by atoms with E-state index in [9.17, 15) is 5.26 Å². The summed E-state index contributed by atoms with van der Waals surface area (Å²) >= 11 is 0. The van der Waals surface area contributed by atoms with Gasteiger partial charge in [-0.1, -0.05) is 6.92 Å². The third-order valence-corrected chi connectivity index (χ3v) is 8.13. The number of anilines is 1. The highest BCUT2D eigenvalue weighted by Gasteiger charge is 2.35. The largest absolute Gasteiger partial charge is 0.492 e. The second-order valence-corrected chi connectivity index (χ2v) is 10.3. The van der Waals surface area contributed by atoms with Crippen molar-refractivity contribution in [2.75, 3.05) is 64.4 Å². The van der Waals surface area contributed by atoms with Crippen LogP contribution >= 0.6 is 0 Å². The molecule has 2 aliphatic rings. The molecule has 5 rings (SSSR count). The number of piperazine rings is 1. The molecule has 0 radical (unpaired) electrons. The van der Waals surface area contributed by atoms with Crippen LogP contribution in [0.3, 0.4) is 0 Å². The molecule has 3 aromatic rings. The number of hydrogen-bond donors (Lipinski definition) is 0. The molecule has 0 bridgehead atoms. The van der Waals surface area contributed by atoms with Gasteiger partial charge in [0.05, 0.1) is 30.1 Å². The lowest BCUT2D eigenvalue weighted by Gasteiger charge is -2.46. The highest BCUT2D eigenvalue weighted by molar-refractivity contribution is 5.85. The summed E-state index contributed by atoms with van der Waals surface area (Å²) in [6.45, 7) is 12.9. The van der Waals surface area contributed by atoms with Gasteiger partial charge in [-0.05, 0) is 56.8 Å². The number of pyridine rings is 2. The first kappa shape index (κ1) is 24.5. The number of piperidine rings is 1. The normalized spacial score (nSPS) is 18.9. The average molecular weight is 488 g/mol. The van der Waals surface area contributed by atoms with E-state index in [4.69, 9.17) is 9.72 Å². The van der Waals surface area contributed by atoms with Crippen molar-refractivity contribution in [2.45, 2.75) is 33.1 Å². The number of hydrogen-bond acceptors (Lipinski definition) is 7. The lowest BCUT2D eigenvalue weighted by molar-refractivity contribution is 0.0759. The fourth-order valence-electron chi connectivity index (χ4n) is 5.69. The van der Waals surface area contributed by atoms with Gasteiger partial charge < -0.3 is 19.4 Å². The Labute approximate surface area is 214 Å². The Bertz CT molecular complexity index is 1210. The lowest BCUT2D eigenvalue weighted by atomic mass is 9.75. The zero-order chi connectivity index (χ0) is 25.1. The molecule has 0 aromatic carbocycles. The molecule has 0 N–H and O–H groups in total. The first-order valence-corrected chi connectivity index (χ1v) is 13.2. The number of nitrogens with zero attached hydrogens (tertiary/aromatic N) is 7. The summed E-state index contributed by atoms with van der Waals surface area (Å²) in [7, 11) is 2.22. The second kappa shape index (κ2) is 10.5. The standard InChI is InChI=1S/C28H37N7O/c1-4-28(21-33-14-12-32(3)13-15-33)8-10-34(11-9-28)26-7-6-22(18-30-26)25-16-24(36-5-2)20-35-27(25)23(17-29)19-31-35/h6-7,16,18-20H,4-5,8-15,21H2,1-3H3. The molecular formula is C28H37N7O. The minimum absolute atomic E-state index is 0.410. The molecule has 2 fully saturated rings. The van der Waals surface area contributed by atoms with Gasteiger partial charge in [0.1, 0.15) is 17.6 Å². The highest BCUT2D eigenvalue weighted by atomic mass is 16.5. The maximum absolute atomic E-state index is 9.60. The van der Waals surface area contributed by atoms with Gasteiger partial charge in [-0.15, -0.1) is 0 Å². The third-order valence-electron chi connectivity index (χ3n) is 8.13. The van der Waals surface area contributed by atoms with Gasteiger partial charge in [0.15, 0.2) is 0 Å². The van der Waals surface area contributed by atoms with Crippen molar-refractivity contribution >= 4 is 11.3 Å². The van der Waals surface area contributed by atoms with Crippen LogP contribution in [-0.4, -0.2) is 83.9 Å². The maximum atomic E-state index is 9.60. The van der Waals surface area contributed by atoms with Gasteiger partial charge in [0.25, 0.3) is 0 Å². The topological polar surface area (TPSA) is 72.9 Å². The Morgan fingerprint density at radius 3 is 2.47 bits per heavy atom. The fourth-order valence-corrected chi connectivity index (χ4v) is 5.69. The smallest absolute Gasteiger partial charge is 0.138 e. The van der Waals surface area contributed by atoms with E-state index < -0.39 is 0 Å². The van der Waals surface area contributed by atoms with Gasteiger partial charge in [0.2, 0.25) is 0 Å². The van der Waals surface area contributed by atoms with Crippen molar-refractivity contribution < 1.29 is 4.74 Å². The summed E-state index contributed by atoms with van der Waals surface area (Å²) < 4.78 is 7.47. The van der Waals surface area contributed by atoms with E-state index in [0.29, 0.717) is 17.6 Å². The molecular weight excluding hydrogens is 450 g/mol. The SMILES string of the molecule is CCOc1cc(-c2ccc(N3CCC(CC)(CN4CCN(C)CC4)CC3)nc2)c2c(C#N)cnn2c1. The van der Waals surface area contributed by atoms with Crippen molar-refractivity contribution in [1.82, 2.24) is 24.4 Å². The first-order chi connectivity index (χ1) is 17.5. The van der Waals surface area contributed by atoms with E-state index in [1.165, 1.54) is 52.0 Å². The molecule has 2 aliphatic heterocycles. The van der Waals surface area contributed by atoms with Crippen LogP contribution in [0.15, 0.2) is 36.8 Å². The maximum Gasteiger partial charge on any atom is 0.138 e. The quantitative estimate of drug-likeness (QED) is 0.500. The zero-order valence-electron chi connectivity index (χ0n) is 21.8. The van der Waals surface area contributed by atoms with Crippen molar-refractivity contribution in [1.29, 1.82) is 5.26 Å². The Hall–Kier alpha value is -3.15. The van der Waals surface area contributed by atoms with E-state index in [1.807, 2.05) is 25.4 Å². The van der Waals surface area contributed by atoms with Gasteiger partial charge in [-0.2, -0.15) is 10.4 Å². The van der Waals surface area contributed by atoms with Crippen LogP contribution in [0, 0.1) is 16.7 Å². The zero-order valence-corrected chi connectivity index (χ0v) is 21.8. The van der Waals surface area contributed by atoms with Crippen LogP contribution in [0.1, 0.15) is 38.7 Å². The van der Waals surface area contributed by atoms with Gasteiger partial charge in [-0.25, -0.2) is 9.50 Å². The minimum atomic E-state index is 0.410. The predicted octanol–water partition coefficient (Wildman–Crippen LogP) is 3.91.